The minimum Gasteiger partial charge on any atom is -0.381 e. The van der Waals surface area contributed by atoms with Gasteiger partial charge in [-0.1, -0.05) is 13.8 Å². The van der Waals surface area contributed by atoms with E-state index >= 15 is 0 Å². The molecule has 0 aromatic rings. The van der Waals surface area contributed by atoms with Crippen LogP contribution in [0.3, 0.4) is 0 Å². The quantitative estimate of drug-likeness (QED) is 0.387. The molecule has 0 aromatic heterocycles. The zero-order valence-corrected chi connectivity index (χ0v) is 18.2. The van der Waals surface area contributed by atoms with Crippen LogP contribution in [0.15, 0.2) is 4.99 Å². The van der Waals surface area contributed by atoms with Crippen molar-refractivity contribution < 1.29 is 4.74 Å². The number of halogens is 1. The summed E-state index contributed by atoms with van der Waals surface area (Å²) in [5, 5.41) is 7.22. The van der Waals surface area contributed by atoms with Crippen LogP contribution in [-0.2, 0) is 4.74 Å². The molecule has 1 heterocycles. The molecule has 1 saturated heterocycles. The predicted octanol–water partition coefficient (Wildman–Crippen LogP) is 3.51. The highest BCUT2D eigenvalue weighted by molar-refractivity contribution is 14.0. The van der Waals surface area contributed by atoms with E-state index in [0.717, 1.165) is 50.4 Å². The first kappa shape index (κ1) is 21.4. The molecule has 2 N–H and O–H groups in total. The van der Waals surface area contributed by atoms with Gasteiger partial charge in [0.05, 0.1) is 0 Å². The molecule has 0 bridgehead atoms. The number of nitrogens with one attached hydrogen (secondary N) is 2. The number of hydrogen-bond acceptors (Lipinski definition) is 3. The van der Waals surface area contributed by atoms with Gasteiger partial charge < -0.3 is 15.4 Å². The molecule has 0 radical (unpaired) electrons. The second kappa shape index (κ2) is 10.3. The summed E-state index contributed by atoms with van der Waals surface area (Å²) in [7, 11) is 1.88. The second-order valence-corrected chi connectivity index (χ2v) is 8.46. The van der Waals surface area contributed by atoms with Gasteiger partial charge >= 0.3 is 0 Å². The van der Waals surface area contributed by atoms with Crippen LogP contribution in [0, 0.1) is 11.8 Å². The Morgan fingerprint density at radius 3 is 2.30 bits per heavy atom. The molecule has 1 aliphatic carbocycles. The van der Waals surface area contributed by atoms with Gasteiger partial charge in [-0.25, -0.2) is 0 Å². The van der Waals surface area contributed by atoms with E-state index < -0.39 is 0 Å². The number of thioether (sulfide) groups is 1. The molecule has 2 aliphatic rings. The molecule has 2 rings (SSSR count). The lowest BCUT2D eigenvalue weighted by molar-refractivity contribution is 0.0782. The first-order chi connectivity index (χ1) is 10.6. The number of guanidine groups is 1. The van der Waals surface area contributed by atoms with Crippen LogP contribution in [0.2, 0.25) is 0 Å². The molecule has 2 unspecified atom stereocenters. The van der Waals surface area contributed by atoms with Gasteiger partial charge in [-0.3, -0.25) is 4.99 Å². The van der Waals surface area contributed by atoms with Gasteiger partial charge in [0.15, 0.2) is 5.96 Å². The van der Waals surface area contributed by atoms with Gasteiger partial charge in [0.25, 0.3) is 0 Å². The second-order valence-electron chi connectivity index (χ2n) is 7.18. The van der Waals surface area contributed by atoms with E-state index in [1.54, 1.807) is 0 Å². The topological polar surface area (TPSA) is 45.7 Å². The Labute approximate surface area is 163 Å². The van der Waals surface area contributed by atoms with Crippen LogP contribution in [0.4, 0.5) is 0 Å². The van der Waals surface area contributed by atoms with E-state index in [4.69, 9.17) is 4.74 Å². The maximum atomic E-state index is 5.52. The highest BCUT2D eigenvalue weighted by atomic mass is 127. The van der Waals surface area contributed by atoms with Gasteiger partial charge in [0.1, 0.15) is 0 Å². The summed E-state index contributed by atoms with van der Waals surface area (Å²) in [6, 6.07) is 0.560. The Morgan fingerprint density at radius 2 is 1.78 bits per heavy atom. The molecule has 23 heavy (non-hydrogen) atoms. The first-order valence-corrected chi connectivity index (χ1v) is 9.89. The van der Waals surface area contributed by atoms with Gasteiger partial charge in [-0.15, -0.1) is 24.0 Å². The van der Waals surface area contributed by atoms with Gasteiger partial charge in [0.2, 0.25) is 0 Å². The Balaban J connectivity index is 0.00000264. The van der Waals surface area contributed by atoms with Crippen LogP contribution < -0.4 is 10.6 Å². The number of ether oxygens (including phenoxy) is 1. The monoisotopic (exact) mass is 455 g/mol. The van der Waals surface area contributed by atoms with E-state index in [2.05, 4.69) is 35.7 Å². The van der Waals surface area contributed by atoms with Crippen molar-refractivity contribution in [2.45, 2.75) is 56.7 Å². The zero-order chi connectivity index (χ0) is 16.0. The molecule has 0 amide bonds. The van der Waals surface area contributed by atoms with E-state index in [9.17, 15) is 0 Å². The minimum atomic E-state index is 0. The summed E-state index contributed by atoms with van der Waals surface area (Å²) in [6.07, 6.45) is 8.33. The van der Waals surface area contributed by atoms with E-state index in [1.165, 1.54) is 19.3 Å². The zero-order valence-electron chi connectivity index (χ0n) is 15.1. The summed E-state index contributed by atoms with van der Waals surface area (Å²) >= 11 is 1.97. The van der Waals surface area contributed by atoms with Crippen molar-refractivity contribution in [3.63, 3.8) is 0 Å². The lowest BCUT2D eigenvalue weighted by Gasteiger charge is -2.37. The fraction of sp³-hybridized carbons (Fsp3) is 0.941. The summed E-state index contributed by atoms with van der Waals surface area (Å²) in [5.41, 5.74) is 0. The van der Waals surface area contributed by atoms with Crippen LogP contribution in [0.1, 0.15) is 46.0 Å². The predicted molar refractivity (Wildman–Crippen MR) is 112 cm³/mol. The lowest BCUT2D eigenvalue weighted by Crippen LogP contribution is -2.51. The maximum absolute atomic E-state index is 5.52. The third-order valence-corrected chi connectivity index (χ3v) is 6.58. The fourth-order valence-corrected chi connectivity index (χ4v) is 4.69. The highest BCUT2D eigenvalue weighted by Crippen LogP contribution is 2.33. The maximum Gasteiger partial charge on any atom is 0.191 e. The Kier molecular flexibility index (Phi) is 9.59. The van der Waals surface area contributed by atoms with Crippen molar-refractivity contribution in [1.29, 1.82) is 0 Å². The molecule has 6 heteroatoms. The lowest BCUT2D eigenvalue weighted by atomic mass is 9.80. The molecule has 0 spiro atoms. The summed E-state index contributed by atoms with van der Waals surface area (Å²) in [4.78, 5) is 4.44. The molecule has 2 atom stereocenters. The van der Waals surface area contributed by atoms with Gasteiger partial charge in [0, 0.05) is 37.6 Å². The highest BCUT2D eigenvalue weighted by Gasteiger charge is 2.32. The average Bonchev–Trinajstić information content (AvgIpc) is 2.51. The first-order valence-electron chi connectivity index (χ1n) is 8.67. The number of aliphatic imine (C=N–C) groups is 1. The Morgan fingerprint density at radius 1 is 1.17 bits per heavy atom. The standard InChI is InChI=1S/C17H33N3OS.HI/c1-13-9-14(2)11-15(10-13)20-16(18-3)19-12-17(22-4)5-7-21-8-6-17;/h13-15H,5-12H2,1-4H3,(H2,18,19,20);1H. The van der Waals surface area contributed by atoms with Crippen molar-refractivity contribution >= 4 is 41.7 Å². The van der Waals surface area contributed by atoms with Crippen molar-refractivity contribution in [2.24, 2.45) is 16.8 Å². The third-order valence-electron chi connectivity index (χ3n) is 5.16. The summed E-state index contributed by atoms with van der Waals surface area (Å²) in [6.45, 7) is 7.46. The number of hydrogen-bond donors (Lipinski definition) is 2. The molecule has 1 saturated carbocycles. The van der Waals surface area contributed by atoms with E-state index in [1.807, 2.05) is 18.8 Å². The minimum absolute atomic E-state index is 0. The van der Waals surface area contributed by atoms with Gasteiger partial charge in [-0.05, 0) is 50.2 Å². The van der Waals surface area contributed by atoms with Crippen molar-refractivity contribution in [2.75, 3.05) is 33.1 Å². The fourth-order valence-electron chi connectivity index (χ4n) is 3.89. The SMILES string of the molecule is CN=C(NCC1(SC)CCOCC1)NC1CC(C)CC(C)C1.I. The summed E-state index contributed by atoms with van der Waals surface area (Å²) in [5.74, 6) is 2.59. The van der Waals surface area contributed by atoms with Crippen molar-refractivity contribution in [1.82, 2.24) is 10.6 Å². The average molecular weight is 455 g/mol. The molecule has 4 nitrogen and oxygen atoms in total. The van der Waals surface area contributed by atoms with Crippen LogP contribution in [0.25, 0.3) is 0 Å². The molecular weight excluding hydrogens is 421 g/mol. The molecular formula is C17H34IN3OS. The Bertz CT molecular complexity index is 365. The summed E-state index contributed by atoms with van der Waals surface area (Å²) < 4.78 is 5.81. The number of rotatable bonds is 4. The molecule has 136 valence electrons. The molecule has 0 aromatic carbocycles. The van der Waals surface area contributed by atoms with Crippen molar-refractivity contribution in [3.05, 3.63) is 0 Å². The van der Waals surface area contributed by atoms with Gasteiger partial charge in [-0.2, -0.15) is 11.8 Å². The molecule has 1 aliphatic heterocycles. The third kappa shape index (κ3) is 6.61. The van der Waals surface area contributed by atoms with Crippen LogP contribution in [0.5, 0.6) is 0 Å². The largest absolute Gasteiger partial charge is 0.381 e. The van der Waals surface area contributed by atoms with Crippen LogP contribution in [-0.4, -0.2) is 49.8 Å². The molecule has 2 fully saturated rings. The van der Waals surface area contributed by atoms with E-state index in [-0.39, 0.29) is 24.0 Å². The van der Waals surface area contributed by atoms with Crippen molar-refractivity contribution in [3.8, 4) is 0 Å². The number of nitrogens with zero attached hydrogens (tertiary/aromatic N) is 1. The van der Waals surface area contributed by atoms with Crippen LogP contribution >= 0.6 is 35.7 Å². The van der Waals surface area contributed by atoms with E-state index in [0.29, 0.717) is 10.8 Å². The normalized spacial score (nSPS) is 31.1. The smallest absolute Gasteiger partial charge is 0.191 e. The Hall–Kier alpha value is 0.310.